The minimum Gasteiger partial charge on any atom is -0.477 e. The molecule has 0 radical (unpaired) electrons. The number of benzene rings is 1. The lowest BCUT2D eigenvalue weighted by Gasteiger charge is -2.06. The maximum Gasteiger partial charge on any atom is 0.347 e. The van der Waals surface area contributed by atoms with Gasteiger partial charge in [-0.1, -0.05) is 42.9 Å². The van der Waals surface area contributed by atoms with Crippen LogP contribution in [-0.4, -0.2) is 20.5 Å². The molecule has 0 fully saturated rings. The van der Waals surface area contributed by atoms with Crippen LogP contribution >= 0.6 is 22.9 Å². The number of aromatic nitrogens is 2. The Balaban J connectivity index is 2.29. The predicted octanol–water partition coefficient (Wildman–Crippen LogP) is 4.85. The summed E-state index contributed by atoms with van der Waals surface area (Å²) in [5, 5.41) is 10.1. The first kappa shape index (κ1) is 16.0. The van der Waals surface area contributed by atoms with E-state index in [0.717, 1.165) is 44.6 Å². The zero-order chi connectivity index (χ0) is 16.7. The van der Waals surface area contributed by atoms with Crippen LogP contribution in [-0.2, 0) is 12.8 Å². The fourth-order valence-electron chi connectivity index (χ4n) is 2.86. The van der Waals surface area contributed by atoms with E-state index in [-0.39, 0.29) is 0 Å². The highest BCUT2D eigenvalue weighted by Crippen LogP contribution is 2.33. The van der Waals surface area contributed by atoms with Crippen LogP contribution in [0.3, 0.4) is 0 Å². The van der Waals surface area contributed by atoms with E-state index < -0.39 is 5.97 Å². The van der Waals surface area contributed by atoms with Gasteiger partial charge >= 0.3 is 5.97 Å². The standard InChI is InChI=1S/C17H17ClN2O2S/c1-4-12-14(10-6-7-11(18)9(3)8-10)19-17-20(12)13(5-2)15(23-17)16(21)22/h6-8H,4-5H2,1-3H3,(H,21,22). The summed E-state index contributed by atoms with van der Waals surface area (Å²) in [4.78, 5) is 17.3. The van der Waals surface area contributed by atoms with Gasteiger partial charge in [0.2, 0.25) is 0 Å². The molecular formula is C17H17ClN2O2S. The Kier molecular flexibility index (Phi) is 4.17. The monoisotopic (exact) mass is 348 g/mol. The van der Waals surface area contributed by atoms with Gasteiger partial charge in [-0.15, -0.1) is 0 Å². The van der Waals surface area contributed by atoms with Crippen molar-refractivity contribution in [3.63, 3.8) is 0 Å². The molecular weight excluding hydrogens is 332 g/mol. The van der Waals surface area contributed by atoms with Crippen LogP contribution in [0.5, 0.6) is 0 Å². The van der Waals surface area contributed by atoms with Crippen LogP contribution in [0.15, 0.2) is 18.2 Å². The van der Waals surface area contributed by atoms with Crippen molar-refractivity contribution in [2.45, 2.75) is 33.6 Å². The van der Waals surface area contributed by atoms with Crippen molar-refractivity contribution in [2.24, 2.45) is 0 Å². The van der Waals surface area contributed by atoms with Crippen LogP contribution in [0, 0.1) is 6.92 Å². The Morgan fingerprint density at radius 3 is 2.57 bits per heavy atom. The van der Waals surface area contributed by atoms with E-state index in [1.165, 1.54) is 11.3 Å². The molecule has 0 atom stereocenters. The molecule has 0 bridgehead atoms. The van der Waals surface area contributed by atoms with Crippen molar-refractivity contribution in [1.82, 2.24) is 9.38 Å². The van der Waals surface area contributed by atoms with Crippen molar-refractivity contribution in [3.8, 4) is 11.3 Å². The number of hydrogen-bond acceptors (Lipinski definition) is 3. The third kappa shape index (κ3) is 2.54. The zero-order valence-corrected chi connectivity index (χ0v) is 14.8. The number of rotatable bonds is 4. The Hall–Kier alpha value is -1.85. The molecule has 3 rings (SSSR count). The summed E-state index contributed by atoms with van der Waals surface area (Å²) < 4.78 is 2.01. The van der Waals surface area contributed by atoms with Gasteiger partial charge < -0.3 is 5.11 Å². The quantitative estimate of drug-likeness (QED) is 0.733. The van der Waals surface area contributed by atoms with Crippen LogP contribution in [0.4, 0.5) is 0 Å². The number of nitrogens with zero attached hydrogens (tertiary/aromatic N) is 2. The minimum absolute atomic E-state index is 0.378. The molecule has 0 saturated heterocycles. The van der Waals surface area contributed by atoms with Crippen molar-refractivity contribution in [3.05, 3.63) is 45.1 Å². The molecule has 1 N–H and O–H groups in total. The molecule has 23 heavy (non-hydrogen) atoms. The largest absolute Gasteiger partial charge is 0.477 e. The Morgan fingerprint density at radius 2 is 2.00 bits per heavy atom. The lowest BCUT2D eigenvalue weighted by Crippen LogP contribution is -2.03. The number of hydrogen-bond donors (Lipinski definition) is 1. The molecule has 0 amide bonds. The highest BCUT2D eigenvalue weighted by Gasteiger charge is 2.23. The number of imidazole rings is 1. The number of carboxylic acid groups (broad SMARTS) is 1. The first-order valence-corrected chi connectivity index (χ1v) is 8.70. The third-order valence-electron chi connectivity index (χ3n) is 3.96. The average Bonchev–Trinajstić information content (AvgIpc) is 3.05. The zero-order valence-electron chi connectivity index (χ0n) is 13.2. The van der Waals surface area contributed by atoms with E-state index in [2.05, 4.69) is 6.92 Å². The molecule has 0 spiro atoms. The third-order valence-corrected chi connectivity index (χ3v) is 5.46. The second kappa shape index (κ2) is 5.98. The van der Waals surface area contributed by atoms with E-state index in [4.69, 9.17) is 16.6 Å². The molecule has 6 heteroatoms. The smallest absolute Gasteiger partial charge is 0.347 e. The molecule has 2 aromatic heterocycles. The van der Waals surface area contributed by atoms with Crippen LogP contribution in [0.1, 0.15) is 40.5 Å². The highest BCUT2D eigenvalue weighted by molar-refractivity contribution is 7.19. The van der Waals surface area contributed by atoms with Crippen LogP contribution in [0.2, 0.25) is 5.02 Å². The number of thiazole rings is 1. The predicted molar refractivity (Wildman–Crippen MR) is 94.0 cm³/mol. The summed E-state index contributed by atoms with van der Waals surface area (Å²) in [5.74, 6) is -0.886. The van der Waals surface area contributed by atoms with Gasteiger partial charge in [-0.3, -0.25) is 4.40 Å². The van der Waals surface area contributed by atoms with E-state index in [1.807, 2.05) is 36.4 Å². The van der Waals surface area contributed by atoms with Gasteiger partial charge in [0.15, 0.2) is 4.96 Å². The molecule has 0 unspecified atom stereocenters. The summed E-state index contributed by atoms with van der Waals surface area (Å²) in [6.45, 7) is 6.00. The molecule has 3 aromatic rings. The van der Waals surface area contributed by atoms with Gasteiger partial charge in [0.1, 0.15) is 4.88 Å². The van der Waals surface area contributed by atoms with E-state index in [0.29, 0.717) is 11.3 Å². The maximum atomic E-state index is 11.4. The van der Waals surface area contributed by atoms with Crippen molar-refractivity contribution in [1.29, 1.82) is 0 Å². The number of fused-ring (bicyclic) bond motifs is 1. The fourth-order valence-corrected chi connectivity index (χ4v) is 4.05. The highest BCUT2D eigenvalue weighted by atomic mass is 35.5. The molecule has 0 aliphatic heterocycles. The van der Waals surface area contributed by atoms with Crippen LogP contribution < -0.4 is 0 Å². The normalized spacial score (nSPS) is 11.3. The summed E-state index contributed by atoms with van der Waals surface area (Å²) in [6.07, 6.45) is 1.44. The van der Waals surface area contributed by atoms with Gasteiger partial charge in [0, 0.05) is 16.3 Å². The lowest BCUT2D eigenvalue weighted by molar-refractivity contribution is 0.0700. The van der Waals surface area contributed by atoms with Gasteiger partial charge in [-0.25, -0.2) is 9.78 Å². The molecule has 120 valence electrons. The number of aromatic carboxylic acids is 1. The summed E-state index contributed by atoms with van der Waals surface area (Å²) in [6, 6.07) is 5.87. The topological polar surface area (TPSA) is 54.6 Å². The maximum absolute atomic E-state index is 11.4. The van der Waals surface area contributed by atoms with Crippen molar-refractivity contribution < 1.29 is 9.90 Å². The molecule has 4 nitrogen and oxygen atoms in total. The molecule has 0 aliphatic carbocycles. The number of carboxylic acids is 1. The summed E-state index contributed by atoms with van der Waals surface area (Å²) in [7, 11) is 0. The van der Waals surface area contributed by atoms with Crippen molar-refractivity contribution in [2.75, 3.05) is 0 Å². The van der Waals surface area contributed by atoms with Gasteiger partial charge in [-0.05, 0) is 37.5 Å². The Bertz CT molecular complexity index is 911. The van der Waals surface area contributed by atoms with Gasteiger partial charge in [-0.2, -0.15) is 0 Å². The van der Waals surface area contributed by atoms with Crippen molar-refractivity contribution >= 4 is 33.9 Å². The first-order chi connectivity index (χ1) is 11.0. The van der Waals surface area contributed by atoms with E-state index >= 15 is 0 Å². The molecule has 1 aromatic carbocycles. The second-order valence-corrected chi connectivity index (χ2v) is 6.76. The van der Waals surface area contributed by atoms with E-state index in [1.54, 1.807) is 0 Å². The second-order valence-electron chi connectivity index (χ2n) is 5.38. The minimum atomic E-state index is -0.886. The lowest BCUT2D eigenvalue weighted by atomic mass is 10.1. The van der Waals surface area contributed by atoms with E-state index in [9.17, 15) is 9.90 Å². The fraction of sp³-hybridized carbons (Fsp3) is 0.294. The molecule has 2 heterocycles. The Morgan fingerprint density at radius 1 is 1.30 bits per heavy atom. The van der Waals surface area contributed by atoms with Gasteiger partial charge in [0.25, 0.3) is 0 Å². The molecule has 0 aliphatic rings. The summed E-state index contributed by atoms with van der Waals surface area (Å²) >= 11 is 7.35. The van der Waals surface area contributed by atoms with Gasteiger partial charge in [0.05, 0.1) is 11.4 Å². The molecule has 0 saturated carbocycles. The number of aryl methyl sites for hydroxylation is 3. The number of halogens is 1. The number of carbonyl (C=O) groups is 1. The van der Waals surface area contributed by atoms with Crippen LogP contribution in [0.25, 0.3) is 16.2 Å². The summed E-state index contributed by atoms with van der Waals surface area (Å²) in [5.41, 5.74) is 4.79. The average molecular weight is 349 g/mol. The SMILES string of the molecule is CCc1c(-c2ccc(Cl)c(C)c2)nc2sc(C(=O)O)c(CC)n12. The Labute approximate surface area is 143 Å². The first-order valence-electron chi connectivity index (χ1n) is 7.50.